The Morgan fingerprint density at radius 2 is 1.73 bits per heavy atom. The number of anilines is 1. The van der Waals surface area contributed by atoms with Gasteiger partial charge in [0.25, 0.3) is 11.8 Å². The summed E-state index contributed by atoms with van der Waals surface area (Å²) in [6, 6.07) is 19.9. The van der Waals surface area contributed by atoms with E-state index in [-0.39, 0.29) is 10.9 Å². The second-order valence-corrected chi connectivity index (χ2v) is 7.96. The lowest BCUT2D eigenvalue weighted by molar-refractivity contribution is 0.0950. The molecule has 4 aromatic rings. The van der Waals surface area contributed by atoms with E-state index in [9.17, 15) is 14.0 Å². The first kappa shape index (κ1) is 22.1. The summed E-state index contributed by atoms with van der Waals surface area (Å²) in [6.45, 7) is 0.394. The van der Waals surface area contributed by atoms with Crippen molar-refractivity contribution in [2.75, 3.05) is 12.4 Å². The van der Waals surface area contributed by atoms with Gasteiger partial charge in [0.05, 0.1) is 7.11 Å². The molecule has 166 valence electrons. The smallest absolute Gasteiger partial charge is 0.286 e. The Hall–Kier alpha value is -4.11. The van der Waals surface area contributed by atoms with E-state index in [1.807, 2.05) is 24.3 Å². The molecule has 0 saturated carbocycles. The third-order valence-corrected chi connectivity index (χ3v) is 5.68. The number of halogens is 1. The van der Waals surface area contributed by atoms with E-state index in [0.29, 0.717) is 22.8 Å². The molecule has 4 rings (SSSR count). The topological polar surface area (TPSA) is 93.2 Å². The normalized spacial score (nSPS) is 10.5. The zero-order chi connectivity index (χ0) is 23.2. The number of nitrogens with one attached hydrogen (secondary N) is 2. The van der Waals surface area contributed by atoms with Crippen molar-refractivity contribution in [1.29, 1.82) is 0 Å². The molecule has 0 aliphatic carbocycles. The van der Waals surface area contributed by atoms with E-state index >= 15 is 0 Å². The molecule has 0 unspecified atom stereocenters. The summed E-state index contributed by atoms with van der Waals surface area (Å²) >= 11 is 1.10. The Morgan fingerprint density at radius 3 is 2.42 bits per heavy atom. The minimum absolute atomic E-state index is 0.149. The monoisotopic (exact) mass is 462 g/mol. The van der Waals surface area contributed by atoms with Gasteiger partial charge in [-0.25, -0.2) is 4.39 Å². The summed E-state index contributed by atoms with van der Waals surface area (Å²) in [5.74, 6) is -0.366. The van der Waals surface area contributed by atoms with Crippen molar-refractivity contribution < 1.29 is 18.7 Å². The third-order valence-electron chi connectivity index (χ3n) is 4.71. The van der Waals surface area contributed by atoms with E-state index < -0.39 is 11.7 Å². The Morgan fingerprint density at radius 1 is 0.970 bits per heavy atom. The van der Waals surface area contributed by atoms with Crippen LogP contribution < -0.4 is 15.4 Å². The molecule has 2 amide bonds. The van der Waals surface area contributed by atoms with Crippen LogP contribution in [0.1, 0.15) is 25.7 Å². The predicted molar refractivity (Wildman–Crippen MR) is 124 cm³/mol. The van der Waals surface area contributed by atoms with E-state index in [1.165, 1.54) is 18.2 Å². The summed E-state index contributed by atoms with van der Waals surface area (Å²) in [5.41, 5.74) is 2.52. The van der Waals surface area contributed by atoms with Gasteiger partial charge in [0.1, 0.15) is 16.6 Å². The number of ether oxygens (including phenoxy) is 1. The Balaban J connectivity index is 1.37. The van der Waals surface area contributed by atoms with Crippen LogP contribution in [0.3, 0.4) is 0 Å². The minimum Gasteiger partial charge on any atom is -0.497 e. The Kier molecular flexibility index (Phi) is 6.70. The molecule has 0 saturated heterocycles. The van der Waals surface area contributed by atoms with Crippen molar-refractivity contribution in [3.8, 4) is 16.3 Å². The number of benzene rings is 3. The number of aromatic nitrogens is 2. The van der Waals surface area contributed by atoms with Crippen molar-refractivity contribution in [3.05, 3.63) is 94.7 Å². The zero-order valence-corrected chi connectivity index (χ0v) is 18.4. The van der Waals surface area contributed by atoms with E-state index in [0.717, 1.165) is 28.2 Å². The van der Waals surface area contributed by atoms with Crippen LogP contribution in [-0.4, -0.2) is 29.1 Å². The third kappa shape index (κ3) is 5.58. The maximum atomic E-state index is 13.3. The summed E-state index contributed by atoms with van der Waals surface area (Å²) in [5, 5.41) is 14.1. The molecule has 33 heavy (non-hydrogen) atoms. The first-order chi connectivity index (χ1) is 16.0. The second-order valence-electron chi connectivity index (χ2n) is 6.98. The predicted octanol–water partition coefficient (Wildman–Crippen LogP) is 4.54. The zero-order valence-electron chi connectivity index (χ0n) is 17.5. The van der Waals surface area contributed by atoms with Gasteiger partial charge in [0, 0.05) is 23.4 Å². The van der Waals surface area contributed by atoms with Crippen LogP contribution in [0.25, 0.3) is 10.6 Å². The molecule has 0 aliphatic heterocycles. The molecule has 3 aromatic carbocycles. The number of amides is 2. The first-order valence-corrected chi connectivity index (χ1v) is 10.8. The molecular formula is C24H19FN4O3S. The molecule has 9 heteroatoms. The number of nitrogens with zero attached hydrogens (tertiary/aromatic N) is 2. The molecule has 0 aliphatic rings. The summed E-state index contributed by atoms with van der Waals surface area (Å²) in [4.78, 5) is 24.8. The number of carbonyl (C=O) groups excluding carboxylic acids is 2. The fourth-order valence-corrected chi connectivity index (χ4v) is 3.72. The standard InChI is InChI=1S/C24H19FN4O3S/c1-32-20-11-5-15(6-12-20)14-26-21(30)16-7-9-17(10-8-16)23-28-29-24(33-23)22(31)27-19-4-2-3-18(25)13-19/h2-13H,14H2,1H3,(H,26,30)(H,27,31). The maximum Gasteiger partial charge on any atom is 0.286 e. The summed E-state index contributed by atoms with van der Waals surface area (Å²) < 4.78 is 18.4. The number of methoxy groups -OCH3 is 1. The molecule has 0 atom stereocenters. The van der Waals surface area contributed by atoms with Gasteiger partial charge in [-0.05, 0) is 48.0 Å². The van der Waals surface area contributed by atoms with Gasteiger partial charge in [0.2, 0.25) is 5.01 Å². The van der Waals surface area contributed by atoms with Crippen LogP contribution >= 0.6 is 11.3 Å². The molecule has 2 N–H and O–H groups in total. The Bertz CT molecular complexity index is 1270. The van der Waals surface area contributed by atoms with Crippen LogP contribution in [0.4, 0.5) is 10.1 Å². The highest BCUT2D eigenvalue weighted by molar-refractivity contribution is 7.16. The van der Waals surface area contributed by atoms with Crippen molar-refractivity contribution in [2.45, 2.75) is 6.54 Å². The average molecular weight is 463 g/mol. The van der Waals surface area contributed by atoms with Crippen LogP contribution in [0.2, 0.25) is 0 Å². The quantitative estimate of drug-likeness (QED) is 0.421. The fourth-order valence-electron chi connectivity index (χ4n) is 2.97. The van der Waals surface area contributed by atoms with Gasteiger partial charge in [-0.3, -0.25) is 9.59 Å². The molecule has 0 bridgehead atoms. The SMILES string of the molecule is COc1ccc(CNC(=O)c2ccc(-c3nnc(C(=O)Nc4cccc(F)c4)s3)cc2)cc1. The average Bonchev–Trinajstić information content (AvgIpc) is 3.34. The van der Waals surface area contributed by atoms with Crippen molar-refractivity contribution in [3.63, 3.8) is 0 Å². The van der Waals surface area contributed by atoms with Gasteiger partial charge >= 0.3 is 0 Å². The first-order valence-electron chi connectivity index (χ1n) is 9.94. The van der Waals surface area contributed by atoms with Crippen LogP contribution in [0.15, 0.2) is 72.8 Å². The molecule has 1 heterocycles. The number of carbonyl (C=O) groups is 2. The molecule has 1 aromatic heterocycles. The minimum atomic E-state index is -0.473. The lowest BCUT2D eigenvalue weighted by Gasteiger charge is -2.07. The van der Waals surface area contributed by atoms with Gasteiger partial charge in [-0.2, -0.15) is 0 Å². The highest BCUT2D eigenvalue weighted by Crippen LogP contribution is 2.24. The highest BCUT2D eigenvalue weighted by atomic mass is 32.1. The largest absolute Gasteiger partial charge is 0.497 e. The molecular weight excluding hydrogens is 443 g/mol. The van der Waals surface area contributed by atoms with Crippen molar-refractivity contribution >= 4 is 28.8 Å². The lowest BCUT2D eigenvalue weighted by Crippen LogP contribution is -2.22. The molecule has 0 fully saturated rings. The fraction of sp³-hybridized carbons (Fsp3) is 0.0833. The molecule has 0 radical (unpaired) electrons. The van der Waals surface area contributed by atoms with Crippen LogP contribution in [0, 0.1) is 5.82 Å². The van der Waals surface area contributed by atoms with E-state index in [2.05, 4.69) is 20.8 Å². The lowest BCUT2D eigenvalue weighted by atomic mass is 10.1. The molecule has 0 spiro atoms. The second kappa shape index (κ2) is 10.0. The highest BCUT2D eigenvalue weighted by Gasteiger charge is 2.15. The summed E-state index contributed by atoms with van der Waals surface area (Å²) in [6.07, 6.45) is 0. The van der Waals surface area contributed by atoms with Gasteiger partial charge < -0.3 is 15.4 Å². The molecule has 7 nitrogen and oxygen atoms in total. The van der Waals surface area contributed by atoms with Crippen molar-refractivity contribution in [1.82, 2.24) is 15.5 Å². The van der Waals surface area contributed by atoms with Gasteiger partial charge in [-0.15, -0.1) is 10.2 Å². The van der Waals surface area contributed by atoms with Crippen LogP contribution in [0.5, 0.6) is 5.75 Å². The van der Waals surface area contributed by atoms with E-state index in [4.69, 9.17) is 4.74 Å². The van der Waals surface area contributed by atoms with E-state index in [1.54, 1.807) is 37.4 Å². The summed E-state index contributed by atoms with van der Waals surface area (Å²) in [7, 11) is 1.60. The number of rotatable bonds is 7. The Labute approximate surface area is 193 Å². The number of hydrogen-bond donors (Lipinski definition) is 2. The maximum absolute atomic E-state index is 13.3. The van der Waals surface area contributed by atoms with Gasteiger partial charge in [0.15, 0.2) is 0 Å². The van der Waals surface area contributed by atoms with Crippen LogP contribution in [-0.2, 0) is 6.54 Å². The van der Waals surface area contributed by atoms with Gasteiger partial charge in [-0.1, -0.05) is 41.7 Å². The van der Waals surface area contributed by atoms with Crippen molar-refractivity contribution in [2.24, 2.45) is 0 Å². The number of hydrogen-bond acceptors (Lipinski definition) is 6.